The molecule has 1 aliphatic rings. The molecular formula is C19H22F2N2O3. The van der Waals surface area contributed by atoms with E-state index >= 15 is 0 Å². The maximum atomic E-state index is 13.4. The summed E-state index contributed by atoms with van der Waals surface area (Å²) < 4.78 is 26.6. The molecule has 0 unspecified atom stereocenters. The number of aromatic nitrogens is 1. The van der Waals surface area contributed by atoms with Gasteiger partial charge in [0.15, 0.2) is 11.6 Å². The van der Waals surface area contributed by atoms with Crippen molar-refractivity contribution in [1.82, 2.24) is 4.98 Å². The number of halogens is 2. The molecule has 5 atom stereocenters. The van der Waals surface area contributed by atoms with Gasteiger partial charge in [0.2, 0.25) is 0 Å². The number of pyridine rings is 1. The van der Waals surface area contributed by atoms with Crippen LogP contribution in [0.2, 0.25) is 0 Å². The first-order valence-electron chi connectivity index (χ1n) is 8.44. The van der Waals surface area contributed by atoms with Crippen molar-refractivity contribution in [3.8, 4) is 0 Å². The number of likely N-dealkylation sites (N-methyl/N-ethyl adjacent to an activating group) is 1. The summed E-state index contributed by atoms with van der Waals surface area (Å²) in [6.45, 7) is 1.93. The Morgan fingerprint density at radius 2 is 1.85 bits per heavy atom. The first kappa shape index (κ1) is 18.7. The fourth-order valence-corrected chi connectivity index (χ4v) is 3.57. The van der Waals surface area contributed by atoms with Gasteiger partial charge in [-0.15, -0.1) is 0 Å². The van der Waals surface area contributed by atoms with E-state index in [1.807, 2.05) is 19.1 Å². The molecule has 1 aromatic heterocycles. The molecule has 0 bridgehead atoms. The largest absolute Gasteiger partial charge is 0.390 e. The number of anilines is 1. The molecule has 1 aromatic carbocycles. The molecule has 2 aromatic rings. The lowest BCUT2D eigenvalue weighted by Crippen LogP contribution is -2.41. The molecule has 26 heavy (non-hydrogen) atoms. The summed E-state index contributed by atoms with van der Waals surface area (Å²) in [5.41, 5.74) is 1.17. The fraction of sp³-hybridized carbons (Fsp3) is 0.421. The Bertz CT molecular complexity index is 789. The number of hydrogen-bond acceptors (Lipinski definition) is 5. The molecule has 0 amide bonds. The van der Waals surface area contributed by atoms with Gasteiger partial charge in [0.05, 0.1) is 18.2 Å². The standard InChI is InChI=1S/C19H22F2N2O3/c1-10-5-6-22-16(7-10)23(2)15-9-12(18(25)19(15)26)17(24)11-3-4-13(20)14(21)8-11/h3-8,12,15,17-19,24-26H,9H2,1-2H3/t12-,15-,17-,18-,19+/m1/s1. The molecule has 1 fully saturated rings. The Kier molecular flexibility index (Phi) is 5.22. The van der Waals surface area contributed by atoms with Crippen LogP contribution in [0.3, 0.4) is 0 Å². The van der Waals surface area contributed by atoms with E-state index < -0.39 is 41.9 Å². The third-order valence-electron chi connectivity index (χ3n) is 5.15. The van der Waals surface area contributed by atoms with Crippen molar-refractivity contribution in [3.05, 3.63) is 59.3 Å². The van der Waals surface area contributed by atoms with Gasteiger partial charge in [0.25, 0.3) is 0 Å². The molecule has 0 saturated heterocycles. The average molecular weight is 364 g/mol. The van der Waals surface area contributed by atoms with Crippen LogP contribution >= 0.6 is 0 Å². The van der Waals surface area contributed by atoms with Crippen molar-refractivity contribution >= 4 is 5.82 Å². The van der Waals surface area contributed by atoms with Crippen LogP contribution < -0.4 is 4.90 Å². The first-order valence-corrected chi connectivity index (χ1v) is 8.44. The van der Waals surface area contributed by atoms with E-state index in [2.05, 4.69) is 4.98 Å². The van der Waals surface area contributed by atoms with E-state index in [1.54, 1.807) is 18.1 Å². The zero-order valence-electron chi connectivity index (χ0n) is 14.5. The van der Waals surface area contributed by atoms with Crippen LogP contribution in [0.15, 0.2) is 36.5 Å². The van der Waals surface area contributed by atoms with Gasteiger partial charge >= 0.3 is 0 Å². The molecule has 0 spiro atoms. The second-order valence-electron chi connectivity index (χ2n) is 6.87. The molecule has 3 N–H and O–H groups in total. The van der Waals surface area contributed by atoms with E-state index in [9.17, 15) is 24.1 Å². The highest BCUT2D eigenvalue weighted by Crippen LogP contribution is 2.39. The number of aliphatic hydroxyl groups is 3. The van der Waals surface area contributed by atoms with Crippen molar-refractivity contribution < 1.29 is 24.1 Å². The van der Waals surface area contributed by atoms with Crippen molar-refractivity contribution in [2.24, 2.45) is 5.92 Å². The third kappa shape index (κ3) is 3.42. The van der Waals surface area contributed by atoms with Crippen LogP contribution in [-0.2, 0) is 0 Å². The van der Waals surface area contributed by atoms with Gasteiger partial charge < -0.3 is 20.2 Å². The summed E-state index contributed by atoms with van der Waals surface area (Å²) in [4.78, 5) is 6.04. The van der Waals surface area contributed by atoms with Crippen LogP contribution in [0, 0.1) is 24.5 Å². The molecule has 5 nitrogen and oxygen atoms in total. The van der Waals surface area contributed by atoms with E-state index in [-0.39, 0.29) is 12.0 Å². The Morgan fingerprint density at radius 1 is 1.12 bits per heavy atom. The average Bonchev–Trinajstić information content (AvgIpc) is 2.91. The fourth-order valence-electron chi connectivity index (χ4n) is 3.57. The lowest BCUT2D eigenvalue weighted by molar-refractivity contribution is -0.0232. The maximum Gasteiger partial charge on any atom is 0.159 e. The van der Waals surface area contributed by atoms with E-state index in [4.69, 9.17) is 0 Å². The molecule has 3 rings (SSSR count). The van der Waals surface area contributed by atoms with Crippen molar-refractivity contribution in [2.75, 3.05) is 11.9 Å². The van der Waals surface area contributed by atoms with Gasteiger partial charge in [-0.1, -0.05) is 6.07 Å². The van der Waals surface area contributed by atoms with Crippen molar-refractivity contribution in [2.45, 2.75) is 37.7 Å². The molecular weight excluding hydrogens is 342 g/mol. The highest BCUT2D eigenvalue weighted by atomic mass is 19.2. The summed E-state index contributed by atoms with van der Waals surface area (Å²) in [7, 11) is 1.76. The number of rotatable bonds is 4. The molecule has 1 aliphatic carbocycles. The molecule has 1 heterocycles. The zero-order chi connectivity index (χ0) is 19.0. The van der Waals surface area contributed by atoms with Crippen LogP contribution in [0.5, 0.6) is 0 Å². The number of aliphatic hydroxyl groups excluding tert-OH is 3. The Hall–Kier alpha value is -2.09. The Balaban J connectivity index is 1.81. The Morgan fingerprint density at radius 3 is 2.50 bits per heavy atom. The number of hydrogen-bond donors (Lipinski definition) is 3. The van der Waals surface area contributed by atoms with Crippen molar-refractivity contribution in [1.29, 1.82) is 0 Å². The van der Waals surface area contributed by atoms with Crippen molar-refractivity contribution in [3.63, 3.8) is 0 Å². The van der Waals surface area contributed by atoms with Crippen LogP contribution in [0.4, 0.5) is 14.6 Å². The Labute approximate surface area is 150 Å². The minimum absolute atomic E-state index is 0.164. The number of benzene rings is 1. The quantitative estimate of drug-likeness (QED) is 0.773. The summed E-state index contributed by atoms with van der Waals surface area (Å²) in [5, 5.41) is 31.4. The monoisotopic (exact) mass is 364 g/mol. The predicted molar refractivity (Wildman–Crippen MR) is 92.6 cm³/mol. The van der Waals surface area contributed by atoms with Gasteiger partial charge in [-0.05, 0) is 48.7 Å². The van der Waals surface area contributed by atoms with Crippen LogP contribution in [0.1, 0.15) is 23.7 Å². The predicted octanol–water partition coefficient (Wildman–Crippen LogP) is 1.95. The summed E-state index contributed by atoms with van der Waals surface area (Å²) in [6, 6.07) is 6.38. The number of nitrogens with zero attached hydrogens (tertiary/aromatic N) is 2. The minimum Gasteiger partial charge on any atom is -0.390 e. The van der Waals surface area contributed by atoms with Gasteiger partial charge in [-0.25, -0.2) is 13.8 Å². The SMILES string of the molecule is Cc1ccnc(N(C)[C@@H]2C[C@H]([C@H](O)c3ccc(F)c(F)c3)[C@@H](O)[C@H]2O)c1. The van der Waals surface area contributed by atoms with Gasteiger partial charge in [-0.2, -0.15) is 0 Å². The van der Waals surface area contributed by atoms with E-state index in [0.29, 0.717) is 5.82 Å². The summed E-state index contributed by atoms with van der Waals surface area (Å²) in [6.07, 6.45) is -1.59. The lowest BCUT2D eigenvalue weighted by atomic mass is 9.92. The second kappa shape index (κ2) is 7.26. The van der Waals surface area contributed by atoms with Gasteiger partial charge in [0, 0.05) is 19.2 Å². The third-order valence-corrected chi connectivity index (χ3v) is 5.15. The topological polar surface area (TPSA) is 76.8 Å². The normalized spacial score (nSPS) is 26.7. The zero-order valence-corrected chi connectivity index (χ0v) is 14.5. The number of aryl methyl sites for hydroxylation is 1. The van der Waals surface area contributed by atoms with Gasteiger partial charge in [0.1, 0.15) is 11.9 Å². The highest BCUT2D eigenvalue weighted by molar-refractivity contribution is 5.42. The second-order valence-corrected chi connectivity index (χ2v) is 6.87. The lowest BCUT2D eigenvalue weighted by Gasteiger charge is -2.28. The summed E-state index contributed by atoms with van der Waals surface area (Å²) >= 11 is 0. The first-order chi connectivity index (χ1) is 12.3. The van der Waals surface area contributed by atoms with Gasteiger partial charge in [-0.3, -0.25) is 0 Å². The minimum atomic E-state index is -1.22. The molecule has 0 aliphatic heterocycles. The maximum absolute atomic E-state index is 13.4. The molecule has 0 radical (unpaired) electrons. The van der Waals surface area contributed by atoms with Crippen LogP contribution in [0.25, 0.3) is 0 Å². The van der Waals surface area contributed by atoms with Crippen LogP contribution in [-0.4, -0.2) is 45.6 Å². The summed E-state index contributed by atoms with van der Waals surface area (Å²) in [5.74, 6) is -2.14. The van der Waals surface area contributed by atoms with E-state index in [1.165, 1.54) is 6.07 Å². The molecule has 7 heteroatoms. The smallest absolute Gasteiger partial charge is 0.159 e. The molecule has 1 saturated carbocycles. The highest BCUT2D eigenvalue weighted by Gasteiger charge is 2.46. The molecule has 140 valence electrons. The van der Waals surface area contributed by atoms with E-state index in [0.717, 1.165) is 17.7 Å².